The maximum Gasteiger partial charge on any atom is 0.387 e. The molecule has 1 aliphatic rings. The first-order chi connectivity index (χ1) is 19.4. The van der Waals surface area contributed by atoms with Crippen molar-refractivity contribution in [2.45, 2.75) is 19.5 Å². The molecule has 1 aliphatic carbocycles. The van der Waals surface area contributed by atoms with Crippen LogP contribution in [0.2, 0.25) is 0 Å². The number of ether oxygens (including phenoxy) is 4. The number of alkyl halides is 2. The minimum atomic E-state index is -2.96. The topological polar surface area (TPSA) is 84.0 Å². The van der Waals surface area contributed by atoms with E-state index in [9.17, 15) is 18.4 Å². The molecule has 0 bridgehead atoms. The van der Waals surface area contributed by atoms with Crippen LogP contribution in [0.15, 0.2) is 66.7 Å². The molecule has 9 heteroatoms. The van der Waals surface area contributed by atoms with E-state index in [2.05, 4.69) is 4.74 Å². The molecule has 4 aromatic rings. The lowest BCUT2D eigenvalue weighted by Crippen LogP contribution is -2.16. The largest absolute Gasteiger partial charge is 0.493 e. The van der Waals surface area contributed by atoms with E-state index in [-0.39, 0.29) is 11.3 Å². The first-order valence-corrected chi connectivity index (χ1v) is 12.5. The second kappa shape index (κ2) is 11.5. The van der Waals surface area contributed by atoms with Crippen LogP contribution < -0.4 is 14.2 Å². The van der Waals surface area contributed by atoms with Crippen molar-refractivity contribution >= 4 is 34.3 Å². The molecule has 0 radical (unpaired) electrons. The van der Waals surface area contributed by atoms with E-state index in [1.165, 1.54) is 24.3 Å². The lowest BCUT2D eigenvalue weighted by molar-refractivity contribution is -0.0498. The van der Waals surface area contributed by atoms with Gasteiger partial charge in [-0.1, -0.05) is 24.3 Å². The van der Waals surface area contributed by atoms with Crippen LogP contribution in [0, 0.1) is 0 Å². The predicted molar refractivity (Wildman–Crippen MR) is 145 cm³/mol. The number of hydrogen-bond donors (Lipinski definition) is 0. The second-order valence-corrected chi connectivity index (χ2v) is 9.02. The third kappa shape index (κ3) is 5.49. The molecule has 0 fully saturated rings. The monoisotopic (exact) mass is 545 g/mol. The number of aromatic nitrogens is 1. The van der Waals surface area contributed by atoms with Crippen LogP contribution in [-0.4, -0.2) is 44.2 Å². The molecule has 0 aliphatic heterocycles. The number of Topliss-reactive ketones (excluding diaryl/α,β-unsaturated/α-hetero) is 1. The third-order valence-electron chi connectivity index (χ3n) is 6.63. The van der Waals surface area contributed by atoms with E-state index in [0.717, 1.165) is 16.7 Å². The summed E-state index contributed by atoms with van der Waals surface area (Å²) in [6, 6.07) is 18.1. The molecule has 0 amide bonds. The minimum absolute atomic E-state index is 0.0701. The fourth-order valence-corrected chi connectivity index (χ4v) is 4.76. The predicted octanol–water partition coefficient (Wildman–Crippen LogP) is 6.38. The molecular formula is C31H25F2NO6. The molecular weight excluding hydrogens is 520 g/mol. The number of pyridine rings is 1. The molecule has 5 rings (SSSR count). The summed E-state index contributed by atoms with van der Waals surface area (Å²) in [7, 11) is 3.15. The Labute approximate surface area is 229 Å². The summed E-state index contributed by atoms with van der Waals surface area (Å²) < 4.78 is 45.3. The lowest BCUT2D eigenvalue weighted by Gasteiger charge is -2.12. The van der Waals surface area contributed by atoms with Gasteiger partial charge in [0.1, 0.15) is 5.75 Å². The summed E-state index contributed by atoms with van der Waals surface area (Å²) in [6.07, 6.45) is 3.26. The molecule has 204 valence electrons. The number of allylic oxidation sites excluding steroid dienone is 1. The van der Waals surface area contributed by atoms with Crippen molar-refractivity contribution < 1.29 is 37.3 Å². The zero-order valence-corrected chi connectivity index (χ0v) is 21.8. The van der Waals surface area contributed by atoms with E-state index in [1.54, 1.807) is 20.3 Å². The van der Waals surface area contributed by atoms with E-state index in [1.807, 2.05) is 42.5 Å². The highest BCUT2D eigenvalue weighted by Gasteiger charge is 2.28. The molecule has 1 aromatic heterocycles. The summed E-state index contributed by atoms with van der Waals surface area (Å²) in [5.41, 5.74) is 4.55. The Morgan fingerprint density at radius 3 is 2.42 bits per heavy atom. The van der Waals surface area contributed by atoms with E-state index < -0.39 is 25.0 Å². The van der Waals surface area contributed by atoms with Gasteiger partial charge < -0.3 is 18.9 Å². The number of para-hydroxylation sites is 1. The van der Waals surface area contributed by atoms with Crippen molar-refractivity contribution in [3.63, 3.8) is 0 Å². The van der Waals surface area contributed by atoms with Crippen LogP contribution in [-0.2, 0) is 11.2 Å². The van der Waals surface area contributed by atoms with Crippen LogP contribution in [0.25, 0.3) is 22.6 Å². The summed E-state index contributed by atoms with van der Waals surface area (Å²) in [6.45, 7) is -3.47. The number of halogens is 2. The van der Waals surface area contributed by atoms with Crippen molar-refractivity contribution in [3.8, 4) is 17.2 Å². The highest BCUT2D eigenvalue weighted by Crippen LogP contribution is 2.38. The molecule has 0 atom stereocenters. The number of nitrogens with zero attached hydrogens (tertiary/aromatic N) is 1. The maximum absolute atomic E-state index is 13.4. The highest BCUT2D eigenvalue weighted by molar-refractivity contribution is 6.08. The van der Waals surface area contributed by atoms with Crippen molar-refractivity contribution in [3.05, 3.63) is 94.7 Å². The van der Waals surface area contributed by atoms with Gasteiger partial charge in [-0.2, -0.15) is 8.78 Å². The molecule has 1 heterocycles. The van der Waals surface area contributed by atoms with Gasteiger partial charge in [-0.25, -0.2) is 9.78 Å². The Balaban J connectivity index is 1.42. The van der Waals surface area contributed by atoms with Crippen molar-refractivity contribution in [1.82, 2.24) is 4.98 Å². The molecule has 7 nitrogen and oxygen atoms in total. The molecule has 3 aromatic carbocycles. The normalized spacial score (nSPS) is 13.4. The van der Waals surface area contributed by atoms with Gasteiger partial charge in [0, 0.05) is 10.9 Å². The Morgan fingerprint density at radius 1 is 0.950 bits per heavy atom. The van der Waals surface area contributed by atoms with Crippen LogP contribution >= 0.6 is 0 Å². The maximum atomic E-state index is 13.4. The number of carbonyl (C=O) groups is 2. The van der Waals surface area contributed by atoms with E-state index >= 15 is 0 Å². The summed E-state index contributed by atoms with van der Waals surface area (Å²) >= 11 is 0. The zero-order chi connectivity index (χ0) is 28.2. The van der Waals surface area contributed by atoms with Gasteiger partial charge in [0.2, 0.25) is 0 Å². The van der Waals surface area contributed by atoms with E-state index in [4.69, 9.17) is 19.2 Å². The molecule has 40 heavy (non-hydrogen) atoms. The molecule has 0 unspecified atom stereocenters. The standard InChI is InChI=1S/C31H25F2NO6/c1-37-26-14-7-18(16-27(26)38-2)15-20-10-13-23-28(22-5-3-4-6-24(22)34-29(20)23)30(36)39-17-25(35)19-8-11-21(12-9-19)40-31(32)33/h3-9,11-12,14-16,31H,10,13,17H2,1-2H3. The third-order valence-corrected chi connectivity index (χ3v) is 6.63. The van der Waals surface area contributed by atoms with Gasteiger partial charge in [-0.3, -0.25) is 4.79 Å². The molecule has 0 saturated carbocycles. The smallest absolute Gasteiger partial charge is 0.387 e. The van der Waals surface area contributed by atoms with Gasteiger partial charge in [-0.15, -0.1) is 0 Å². The van der Waals surface area contributed by atoms with Crippen molar-refractivity contribution in [2.24, 2.45) is 0 Å². The number of fused-ring (bicyclic) bond motifs is 2. The van der Waals surface area contributed by atoms with Crippen molar-refractivity contribution in [1.29, 1.82) is 0 Å². The van der Waals surface area contributed by atoms with Gasteiger partial charge in [-0.05, 0) is 78.1 Å². The number of carbonyl (C=O) groups excluding carboxylic acids is 2. The molecule has 0 N–H and O–H groups in total. The zero-order valence-electron chi connectivity index (χ0n) is 21.8. The quantitative estimate of drug-likeness (QED) is 0.178. The minimum Gasteiger partial charge on any atom is -0.493 e. The summed E-state index contributed by atoms with van der Waals surface area (Å²) in [5.74, 6) is 0.0535. The average molecular weight is 546 g/mol. The van der Waals surface area contributed by atoms with Crippen LogP contribution in [0.3, 0.4) is 0 Å². The number of ketones is 1. The van der Waals surface area contributed by atoms with Gasteiger partial charge >= 0.3 is 12.6 Å². The summed E-state index contributed by atoms with van der Waals surface area (Å²) in [5, 5.41) is 0.638. The lowest BCUT2D eigenvalue weighted by atomic mass is 10.0. The SMILES string of the molecule is COc1ccc(C=C2CCc3c2nc2ccccc2c3C(=O)OCC(=O)c2ccc(OC(F)F)cc2)cc1OC. The first-order valence-electron chi connectivity index (χ1n) is 12.5. The average Bonchev–Trinajstić information content (AvgIpc) is 3.36. The Hall–Kier alpha value is -4.79. The van der Waals surface area contributed by atoms with Gasteiger partial charge in [0.15, 0.2) is 23.9 Å². The number of hydrogen-bond acceptors (Lipinski definition) is 7. The number of benzene rings is 3. The Bertz CT molecular complexity index is 1610. The second-order valence-electron chi connectivity index (χ2n) is 9.02. The molecule has 0 spiro atoms. The number of rotatable bonds is 9. The summed E-state index contributed by atoms with van der Waals surface area (Å²) in [4.78, 5) is 30.9. The van der Waals surface area contributed by atoms with Crippen LogP contribution in [0.1, 0.15) is 44.0 Å². The fourth-order valence-electron chi connectivity index (χ4n) is 4.76. The van der Waals surface area contributed by atoms with Crippen LogP contribution in [0.4, 0.5) is 8.78 Å². The number of methoxy groups -OCH3 is 2. The molecule has 0 saturated heterocycles. The van der Waals surface area contributed by atoms with E-state index in [0.29, 0.717) is 46.5 Å². The van der Waals surface area contributed by atoms with Crippen molar-refractivity contribution in [2.75, 3.05) is 20.8 Å². The Morgan fingerprint density at radius 2 is 1.70 bits per heavy atom. The van der Waals surface area contributed by atoms with Gasteiger partial charge in [0.05, 0.1) is 31.0 Å². The van der Waals surface area contributed by atoms with Gasteiger partial charge in [0.25, 0.3) is 0 Å². The van der Waals surface area contributed by atoms with Crippen LogP contribution in [0.5, 0.6) is 17.2 Å². The number of esters is 1. The highest BCUT2D eigenvalue weighted by atomic mass is 19.3. The fraction of sp³-hybridized carbons (Fsp3) is 0.194. The Kier molecular flexibility index (Phi) is 7.72. The first kappa shape index (κ1) is 26.8.